The number of rotatable bonds is 4. The van der Waals surface area contributed by atoms with Crippen LogP contribution in [0.4, 0.5) is 0 Å². The SMILES string of the molecule is CC(C)(C)c1ccc(S(=O)(=O)N2CCN(Cc3c(Cl)cccc3Cl)CC2)cc1. The molecular weight excluding hydrogens is 415 g/mol. The summed E-state index contributed by atoms with van der Waals surface area (Å²) in [4.78, 5) is 2.53. The lowest BCUT2D eigenvalue weighted by Crippen LogP contribution is -2.48. The molecule has 7 heteroatoms. The summed E-state index contributed by atoms with van der Waals surface area (Å²) in [6, 6.07) is 12.7. The van der Waals surface area contributed by atoms with Crippen LogP contribution in [-0.4, -0.2) is 43.8 Å². The van der Waals surface area contributed by atoms with E-state index in [1.165, 1.54) is 0 Å². The first-order valence-electron chi connectivity index (χ1n) is 9.35. The Kier molecular flexibility index (Phi) is 6.42. The summed E-state index contributed by atoms with van der Waals surface area (Å²) in [5.74, 6) is 0. The van der Waals surface area contributed by atoms with Crippen molar-refractivity contribution in [2.75, 3.05) is 26.2 Å². The molecule has 1 saturated heterocycles. The van der Waals surface area contributed by atoms with E-state index in [0.29, 0.717) is 47.7 Å². The Morgan fingerprint density at radius 3 is 1.93 bits per heavy atom. The van der Waals surface area contributed by atoms with E-state index in [-0.39, 0.29) is 5.41 Å². The molecule has 0 aliphatic carbocycles. The van der Waals surface area contributed by atoms with Gasteiger partial charge in [-0.15, -0.1) is 0 Å². The van der Waals surface area contributed by atoms with Gasteiger partial charge in [0.2, 0.25) is 10.0 Å². The minimum atomic E-state index is -3.48. The smallest absolute Gasteiger partial charge is 0.243 e. The van der Waals surface area contributed by atoms with Gasteiger partial charge in [0.15, 0.2) is 0 Å². The maximum atomic E-state index is 13.0. The second-order valence-corrected chi connectivity index (χ2v) is 10.9. The number of halogens is 2. The molecule has 0 aromatic heterocycles. The third-order valence-corrected chi connectivity index (χ3v) is 7.75. The van der Waals surface area contributed by atoms with Crippen LogP contribution in [0.15, 0.2) is 47.4 Å². The molecule has 0 spiro atoms. The lowest BCUT2D eigenvalue weighted by molar-refractivity contribution is 0.181. The summed E-state index contributed by atoms with van der Waals surface area (Å²) in [5, 5.41) is 1.28. The van der Waals surface area contributed by atoms with Crippen LogP contribution in [0.3, 0.4) is 0 Å². The molecule has 2 aromatic carbocycles. The zero-order valence-corrected chi connectivity index (χ0v) is 18.8. The van der Waals surface area contributed by atoms with E-state index in [2.05, 4.69) is 25.7 Å². The highest BCUT2D eigenvalue weighted by Gasteiger charge is 2.29. The molecule has 2 aromatic rings. The molecule has 4 nitrogen and oxygen atoms in total. The van der Waals surface area contributed by atoms with Crippen molar-refractivity contribution in [3.63, 3.8) is 0 Å². The normalized spacial score (nSPS) is 17.0. The minimum Gasteiger partial charge on any atom is -0.296 e. The van der Waals surface area contributed by atoms with Gasteiger partial charge in [0.1, 0.15) is 0 Å². The molecule has 1 aliphatic heterocycles. The van der Waals surface area contributed by atoms with Gasteiger partial charge in [0.05, 0.1) is 4.90 Å². The van der Waals surface area contributed by atoms with Crippen molar-refractivity contribution in [3.05, 3.63) is 63.6 Å². The predicted molar refractivity (Wildman–Crippen MR) is 116 cm³/mol. The highest BCUT2D eigenvalue weighted by atomic mass is 35.5. The van der Waals surface area contributed by atoms with Crippen molar-refractivity contribution >= 4 is 33.2 Å². The predicted octanol–water partition coefficient (Wildman–Crippen LogP) is 4.80. The largest absolute Gasteiger partial charge is 0.296 e. The number of nitrogens with zero attached hydrogens (tertiary/aromatic N) is 2. The number of hydrogen-bond acceptors (Lipinski definition) is 3. The Morgan fingerprint density at radius 2 is 1.43 bits per heavy atom. The molecule has 0 saturated carbocycles. The van der Waals surface area contributed by atoms with Gasteiger partial charge < -0.3 is 0 Å². The first-order valence-corrected chi connectivity index (χ1v) is 11.5. The van der Waals surface area contributed by atoms with Crippen molar-refractivity contribution in [2.45, 2.75) is 37.6 Å². The van der Waals surface area contributed by atoms with Crippen LogP contribution < -0.4 is 0 Å². The first kappa shape index (κ1) is 21.6. The Hall–Kier alpha value is -1.11. The summed E-state index contributed by atoms with van der Waals surface area (Å²) in [5.41, 5.74) is 2.00. The zero-order valence-electron chi connectivity index (χ0n) is 16.5. The average molecular weight is 441 g/mol. The van der Waals surface area contributed by atoms with Crippen LogP contribution in [0.5, 0.6) is 0 Å². The first-order chi connectivity index (χ1) is 13.1. The van der Waals surface area contributed by atoms with Gasteiger partial charge in [0.25, 0.3) is 0 Å². The second kappa shape index (κ2) is 8.33. The molecule has 0 amide bonds. The van der Waals surface area contributed by atoms with Crippen LogP contribution in [0.25, 0.3) is 0 Å². The van der Waals surface area contributed by atoms with Crippen molar-refractivity contribution in [1.82, 2.24) is 9.21 Å². The third-order valence-electron chi connectivity index (χ3n) is 5.13. The Morgan fingerprint density at radius 1 is 0.893 bits per heavy atom. The highest BCUT2D eigenvalue weighted by Crippen LogP contribution is 2.27. The fourth-order valence-corrected chi connectivity index (χ4v) is 5.25. The quantitative estimate of drug-likeness (QED) is 0.685. The molecule has 3 rings (SSSR count). The second-order valence-electron chi connectivity index (χ2n) is 8.15. The van der Waals surface area contributed by atoms with Crippen LogP contribution >= 0.6 is 23.2 Å². The number of hydrogen-bond donors (Lipinski definition) is 0. The molecule has 1 aliphatic rings. The Labute approximate surface area is 178 Å². The fraction of sp³-hybridized carbons (Fsp3) is 0.429. The molecule has 0 radical (unpaired) electrons. The summed E-state index contributed by atoms with van der Waals surface area (Å²) >= 11 is 12.5. The van der Waals surface area contributed by atoms with E-state index in [1.54, 1.807) is 16.4 Å². The van der Waals surface area contributed by atoms with Crippen molar-refractivity contribution in [1.29, 1.82) is 0 Å². The van der Waals surface area contributed by atoms with Gasteiger partial charge in [-0.2, -0.15) is 4.31 Å². The van der Waals surface area contributed by atoms with Crippen LogP contribution in [0.1, 0.15) is 31.9 Å². The van der Waals surface area contributed by atoms with E-state index in [1.807, 2.05) is 30.3 Å². The molecule has 1 fully saturated rings. The van der Waals surface area contributed by atoms with Crippen molar-refractivity contribution in [3.8, 4) is 0 Å². The average Bonchev–Trinajstić information content (AvgIpc) is 2.65. The molecular formula is C21H26Cl2N2O2S. The third kappa shape index (κ3) is 4.71. The van der Waals surface area contributed by atoms with Gasteiger partial charge in [-0.25, -0.2) is 8.42 Å². The molecule has 28 heavy (non-hydrogen) atoms. The Balaban J connectivity index is 1.67. The maximum absolute atomic E-state index is 13.0. The summed E-state index contributed by atoms with van der Waals surface area (Å²) in [7, 11) is -3.48. The fourth-order valence-electron chi connectivity index (χ4n) is 3.31. The van der Waals surface area contributed by atoms with E-state index < -0.39 is 10.0 Å². The number of benzene rings is 2. The molecule has 1 heterocycles. The maximum Gasteiger partial charge on any atom is 0.243 e. The highest BCUT2D eigenvalue weighted by molar-refractivity contribution is 7.89. The molecule has 0 N–H and O–H groups in total. The minimum absolute atomic E-state index is 0.00605. The van der Waals surface area contributed by atoms with E-state index in [0.717, 1.165) is 11.1 Å². The summed E-state index contributed by atoms with van der Waals surface area (Å²) < 4.78 is 27.5. The molecule has 152 valence electrons. The zero-order chi connectivity index (χ0) is 20.5. The Bertz CT molecular complexity index is 910. The van der Waals surface area contributed by atoms with Gasteiger partial charge in [0, 0.05) is 48.3 Å². The number of sulfonamides is 1. The van der Waals surface area contributed by atoms with Crippen LogP contribution in [-0.2, 0) is 22.0 Å². The van der Waals surface area contributed by atoms with Crippen LogP contribution in [0.2, 0.25) is 10.0 Å². The number of piperazine rings is 1. The summed E-state index contributed by atoms with van der Waals surface area (Å²) in [6.45, 7) is 9.13. The van der Waals surface area contributed by atoms with E-state index in [4.69, 9.17) is 23.2 Å². The van der Waals surface area contributed by atoms with Gasteiger partial charge in [-0.05, 0) is 35.2 Å². The molecule has 0 bridgehead atoms. The molecule has 0 atom stereocenters. The van der Waals surface area contributed by atoms with Crippen molar-refractivity contribution < 1.29 is 8.42 Å². The molecule has 0 unspecified atom stereocenters. The van der Waals surface area contributed by atoms with Crippen molar-refractivity contribution in [2.24, 2.45) is 0 Å². The standard InChI is InChI=1S/C21H26Cl2N2O2S/c1-21(2,3)16-7-9-17(10-8-16)28(26,27)25-13-11-24(12-14-25)15-18-19(22)5-4-6-20(18)23/h4-10H,11-15H2,1-3H3. The van der Waals surface area contributed by atoms with E-state index in [9.17, 15) is 8.42 Å². The monoisotopic (exact) mass is 440 g/mol. The van der Waals surface area contributed by atoms with Crippen LogP contribution in [0, 0.1) is 0 Å². The van der Waals surface area contributed by atoms with Gasteiger partial charge in [-0.1, -0.05) is 62.2 Å². The summed E-state index contributed by atoms with van der Waals surface area (Å²) in [6.07, 6.45) is 0. The lowest BCUT2D eigenvalue weighted by atomic mass is 9.87. The van der Waals surface area contributed by atoms with E-state index >= 15 is 0 Å². The topological polar surface area (TPSA) is 40.6 Å². The van der Waals surface area contributed by atoms with Gasteiger partial charge >= 0.3 is 0 Å². The lowest BCUT2D eigenvalue weighted by Gasteiger charge is -2.34. The van der Waals surface area contributed by atoms with Gasteiger partial charge in [-0.3, -0.25) is 4.90 Å².